The van der Waals surface area contributed by atoms with Crippen LogP contribution >= 0.6 is 0 Å². The summed E-state index contributed by atoms with van der Waals surface area (Å²) in [4.78, 5) is 0. The average molecular weight is 314 g/mol. The second-order valence-electron chi connectivity index (χ2n) is 4.53. The highest BCUT2D eigenvalue weighted by Gasteiger charge is 2.32. The Bertz CT molecular complexity index is 482. The van der Waals surface area contributed by atoms with Gasteiger partial charge in [-0.15, -0.1) is 0 Å². The smallest absolute Gasteiger partial charge is 0.281 e. The van der Waals surface area contributed by atoms with Crippen LogP contribution in [0.15, 0.2) is 0 Å². The molecular weight excluding hydrogens is 292 g/mol. The van der Waals surface area contributed by atoms with Crippen molar-refractivity contribution in [3.05, 3.63) is 0 Å². The molecule has 0 aromatic heterocycles. The third kappa shape index (κ3) is 4.36. The Morgan fingerprint density at radius 3 is 1.95 bits per heavy atom. The number of hydrogen-bond acceptors (Lipinski definition) is 5. The summed E-state index contributed by atoms with van der Waals surface area (Å²) in [7, 11) is -5.25. The first kappa shape index (κ1) is 16.8. The van der Waals surface area contributed by atoms with Gasteiger partial charge in [-0.3, -0.25) is 0 Å². The van der Waals surface area contributed by atoms with Gasteiger partial charge < -0.3 is 5.73 Å². The van der Waals surface area contributed by atoms with Gasteiger partial charge in [0.05, 0.1) is 6.26 Å². The van der Waals surface area contributed by atoms with Crippen molar-refractivity contribution in [3.8, 4) is 0 Å². The first-order chi connectivity index (χ1) is 8.69. The third-order valence-electron chi connectivity index (χ3n) is 3.06. The van der Waals surface area contributed by atoms with E-state index in [1.54, 1.807) is 0 Å². The second kappa shape index (κ2) is 6.46. The van der Waals surface area contributed by atoms with E-state index in [1.807, 2.05) is 0 Å². The van der Waals surface area contributed by atoms with Crippen molar-refractivity contribution in [1.29, 1.82) is 0 Å². The quantitative estimate of drug-likeness (QED) is 0.616. The van der Waals surface area contributed by atoms with E-state index in [1.165, 1.54) is 20.0 Å². The number of hydrogen-bond donors (Lipinski definition) is 1. The fourth-order valence-electron chi connectivity index (χ4n) is 1.86. The van der Waals surface area contributed by atoms with Crippen molar-refractivity contribution in [1.82, 2.24) is 12.9 Å². The lowest BCUT2D eigenvalue weighted by molar-refractivity contribution is 0.259. The van der Waals surface area contributed by atoms with Gasteiger partial charge in [-0.1, -0.05) is 0 Å². The molecule has 1 saturated heterocycles. The normalized spacial score (nSPS) is 20.0. The molecule has 0 unspecified atom stereocenters. The largest absolute Gasteiger partial charge is 0.330 e. The summed E-state index contributed by atoms with van der Waals surface area (Å²) < 4.78 is 50.9. The predicted molar refractivity (Wildman–Crippen MR) is 73.2 cm³/mol. The molecule has 1 heterocycles. The Morgan fingerprint density at radius 1 is 1.05 bits per heavy atom. The maximum atomic E-state index is 12.2. The summed E-state index contributed by atoms with van der Waals surface area (Å²) in [5.74, 6) is 0. The van der Waals surface area contributed by atoms with Gasteiger partial charge in [0.1, 0.15) is 0 Å². The van der Waals surface area contributed by atoms with Gasteiger partial charge in [0.15, 0.2) is 0 Å². The molecule has 0 atom stereocenters. The zero-order valence-corrected chi connectivity index (χ0v) is 13.0. The van der Waals surface area contributed by atoms with Crippen LogP contribution in [0.3, 0.4) is 0 Å². The standard InChI is InChI=1S/C9H22N4O4S2/c1-11(5-3-4-10)19(16,17)13-8-6-12(7-9-13)18(2,14)15/h3-10H2,1-2H3. The number of nitrogens with two attached hydrogens (primary N) is 1. The van der Waals surface area contributed by atoms with E-state index in [4.69, 9.17) is 5.73 Å². The molecule has 0 bridgehead atoms. The lowest BCUT2D eigenvalue weighted by atomic mass is 10.4. The van der Waals surface area contributed by atoms with E-state index in [0.29, 0.717) is 19.5 Å². The summed E-state index contributed by atoms with van der Waals surface area (Å²) in [5.41, 5.74) is 5.36. The van der Waals surface area contributed by atoms with Gasteiger partial charge in [-0.25, -0.2) is 8.42 Å². The highest BCUT2D eigenvalue weighted by Crippen LogP contribution is 2.12. The van der Waals surface area contributed by atoms with E-state index in [-0.39, 0.29) is 26.2 Å². The highest BCUT2D eigenvalue weighted by molar-refractivity contribution is 7.88. The summed E-state index contributed by atoms with van der Waals surface area (Å²) in [6, 6.07) is 0. The second-order valence-corrected chi connectivity index (χ2v) is 8.55. The van der Waals surface area contributed by atoms with Crippen molar-refractivity contribution >= 4 is 20.2 Å². The molecule has 0 aromatic rings. The highest BCUT2D eigenvalue weighted by atomic mass is 32.2. The topological polar surface area (TPSA) is 104 Å². The molecule has 114 valence electrons. The molecule has 0 amide bonds. The summed E-state index contributed by atoms with van der Waals surface area (Å²) >= 11 is 0. The summed E-state index contributed by atoms with van der Waals surface area (Å²) in [6.45, 7) is 1.56. The fourth-order valence-corrected chi connectivity index (χ4v) is 4.06. The van der Waals surface area contributed by atoms with E-state index in [0.717, 1.165) is 6.26 Å². The SMILES string of the molecule is CN(CCCN)S(=O)(=O)N1CCN(S(C)(=O)=O)CC1. The maximum Gasteiger partial charge on any atom is 0.281 e. The number of piperazine rings is 1. The van der Waals surface area contributed by atoms with E-state index >= 15 is 0 Å². The molecule has 10 heteroatoms. The molecule has 0 aliphatic carbocycles. The molecular formula is C9H22N4O4S2. The minimum atomic E-state index is -3.51. The van der Waals surface area contributed by atoms with E-state index < -0.39 is 20.2 Å². The molecule has 1 aliphatic heterocycles. The third-order valence-corrected chi connectivity index (χ3v) is 6.36. The van der Waals surface area contributed by atoms with E-state index in [2.05, 4.69) is 0 Å². The first-order valence-electron chi connectivity index (χ1n) is 6.06. The molecule has 0 spiro atoms. The monoisotopic (exact) mass is 314 g/mol. The molecule has 0 aromatic carbocycles. The van der Waals surface area contributed by atoms with E-state index in [9.17, 15) is 16.8 Å². The summed E-state index contributed by atoms with van der Waals surface area (Å²) in [5, 5.41) is 0. The minimum absolute atomic E-state index is 0.183. The van der Waals surface area contributed by atoms with Crippen molar-refractivity contribution in [2.75, 3.05) is 52.6 Å². The molecule has 1 rings (SSSR count). The van der Waals surface area contributed by atoms with Crippen LogP contribution in [0, 0.1) is 0 Å². The van der Waals surface area contributed by atoms with Gasteiger partial charge in [0.2, 0.25) is 10.0 Å². The van der Waals surface area contributed by atoms with Gasteiger partial charge in [-0.2, -0.15) is 21.3 Å². The van der Waals surface area contributed by atoms with Gasteiger partial charge >= 0.3 is 0 Å². The number of sulfonamides is 1. The molecule has 0 radical (unpaired) electrons. The van der Waals surface area contributed by atoms with Crippen LogP contribution in [0.4, 0.5) is 0 Å². The Balaban J connectivity index is 2.64. The molecule has 1 aliphatic rings. The Hall–Kier alpha value is -0.260. The zero-order valence-electron chi connectivity index (χ0n) is 11.3. The van der Waals surface area contributed by atoms with Crippen LogP contribution in [0.1, 0.15) is 6.42 Å². The zero-order chi connectivity index (χ0) is 14.7. The Kier molecular flexibility index (Phi) is 5.71. The fraction of sp³-hybridized carbons (Fsp3) is 1.00. The van der Waals surface area contributed by atoms with Crippen molar-refractivity contribution in [2.24, 2.45) is 5.73 Å². The molecule has 19 heavy (non-hydrogen) atoms. The van der Waals surface area contributed by atoms with Crippen molar-refractivity contribution < 1.29 is 16.8 Å². The molecule has 2 N–H and O–H groups in total. The van der Waals surface area contributed by atoms with Crippen LogP contribution in [0.5, 0.6) is 0 Å². The van der Waals surface area contributed by atoms with Crippen LogP contribution in [0.25, 0.3) is 0 Å². The first-order valence-corrected chi connectivity index (χ1v) is 9.30. The van der Waals surface area contributed by atoms with Crippen LogP contribution in [-0.2, 0) is 20.2 Å². The van der Waals surface area contributed by atoms with Crippen LogP contribution in [0.2, 0.25) is 0 Å². The lowest BCUT2D eigenvalue weighted by Gasteiger charge is -2.34. The van der Waals surface area contributed by atoms with Crippen LogP contribution < -0.4 is 5.73 Å². The Morgan fingerprint density at radius 2 is 1.53 bits per heavy atom. The lowest BCUT2D eigenvalue weighted by Crippen LogP contribution is -2.53. The van der Waals surface area contributed by atoms with Crippen molar-refractivity contribution in [2.45, 2.75) is 6.42 Å². The van der Waals surface area contributed by atoms with Crippen LogP contribution in [-0.4, -0.2) is 82.3 Å². The summed E-state index contributed by atoms with van der Waals surface area (Å²) in [6.07, 6.45) is 1.73. The number of rotatable bonds is 6. The predicted octanol–water partition coefficient (Wildman–Crippen LogP) is -1.91. The van der Waals surface area contributed by atoms with Gasteiger partial charge in [0, 0.05) is 39.8 Å². The van der Waals surface area contributed by atoms with Gasteiger partial charge in [0.25, 0.3) is 10.2 Å². The minimum Gasteiger partial charge on any atom is -0.330 e. The number of nitrogens with zero attached hydrogens (tertiary/aromatic N) is 3. The molecule has 1 fully saturated rings. The average Bonchev–Trinajstić information content (AvgIpc) is 2.35. The van der Waals surface area contributed by atoms with Crippen molar-refractivity contribution in [3.63, 3.8) is 0 Å². The molecule has 0 saturated carbocycles. The van der Waals surface area contributed by atoms with Gasteiger partial charge in [-0.05, 0) is 13.0 Å². The Labute approximate surface area is 115 Å². The molecule has 8 nitrogen and oxygen atoms in total. The maximum absolute atomic E-state index is 12.2.